The number of hydrogen-bond donors (Lipinski definition) is 3. The Morgan fingerprint density at radius 2 is 1.56 bits per heavy atom. The molecule has 0 saturated carbocycles. The topological polar surface area (TPSA) is 91.3 Å². The summed E-state index contributed by atoms with van der Waals surface area (Å²) in [6, 6.07) is 22.2. The molecule has 0 spiro atoms. The van der Waals surface area contributed by atoms with Crippen molar-refractivity contribution in [1.29, 1.82) is 0 Å². The lowest BCUT2D eigenvalue weighted by molar-refractivity contribution is -0.277. The second-order valence-corrected chi connectivity index (χ2v) is 14.0. The summed E-state index contributed by atoms with van der Waals surface area (Å²) in [5.74, 6) is -0.740. The highest BCUT2D eigenvalue weighted by atomic mass is 35.6. The van der Waals surface area contributed by atoms with Gasteiger partial charge in [-0.25, -0.2) is 0 Å². The van der Waals surface area contributed by atoms with E-state index in [0.29, 0.717) is 43.2 Å². The number of aliphatic hydroxyl groups excluding tert-OH is 1. The summed E-state index contributed by atoms with van der Waals surface area (Å²) in [5, 5.41) is 24.1. The van der Waals surface area contributed by atoms with Crippen LogP contribution in [0.25, 0.3) is 0 Å². The van der Waals surface area contributed by atoms with Gasteiger partial charge in [-0.1, -0.05) is 102 Å². The predicted octanol–water partition coefficient (Wildman–Crippen LogP) is 6.92. The van der Waals surface area contributed by atoms with E-state index in [1.807, 2.05) is 60.7 Å². The maximum Gasteiger partial charge on any atom is 0.276 e. The molecule has 230 valence electrons. The van der Waals surface area contributed by atoms with Crippen LogP contribution in [-0.2, 0) is 26.5 Å². The molecule has 1 amide bonds. The van der Waals surface area contributed by atoms with Gasteiger partial charge in [0.2, 0.25) is 0 Å². The number of carbonyl (C=O) groups is 1. The van der Waals surface area contributed by atoms with Crippen LogP contribution in [0.15, 0.2) is 72.8 Å². The number of nitrogens with one attached hydrogen (secondary N) is 1. The zero-order valence-electron chi connectivity index (χ0n) is 23.6. The van der Waals surface area contributed by atoms with E-state index >= 15 is 0 Å². The molecular formula is C32H34Cl4N2O5. The largest absolute Gasteiger partial charge is 0.392 e. The Hall–Kier alpha value is -1.91. The molecule has 2 aliphatic rings. The molecule has 5 rings (SSSR count). The summed E-state index contributed by atoms with van der Waals surface area (Å²) in [5.41, 5.74) is 3.05. The fourth-order valence-electron chi connectivity index (χ4n) is 5.66. The van der Waals surface area contributed by atoms with Crippen molar-refractivity contribution in [3.8, 4) is 0 Å². The van der Waals surface area contributed by atoms with Crippen LogP contribution in [0, 0.1) is 5.92 Å². The van der Waals surface area contributed by atoms with Gasteiger partial charge in [-0.3, -0.25) is 4.79 Å². The number of benzene rings is 3. The van der Waals surface area contributed by atoms with Crippen LogP contribution in [0.5, 0.6) is 0 Å². The molecule has 0 aromatic heterocycles. The number of rotatable bonds is 7. The normalized spacial score (nSPS) is 24.4. The van der Waals surface area contributed by atoms with E-state index in [9.17, 15) is 15.0 Å². The van der Waals surface area contributed by atoms with Crippen LogP contribution < -0.4 is 5.32 Å². The Labute approximate surface area is 271 Å². The summed E-state index contributed by atoms with van der Waals surface area (Å²) in [7, 11) is 0. The molecule has 43 heavy (non-hydrogen) atoms. The summed E-state index contributed by atoms with van der Waals surface area (Å²) in [4.78, 5) is 14.4. The molecule has 0 unspecified atom stereocenters. The van der Waals surface area contributed by atoms with Gasteiger partial charge in [-0.15, -0.1) is 0 Å². The number of hydrogen-bond acceptors (Lipinski definition) is 6. The van der Waals surface area contributed by atoms with Gasteiger partial charge in [-0.05, 0) is 53.8 Å². The minimum absolute atomic E-state index is 0.0103. The first-order valence-electron chi connectivity index (χ1n) is 14.1. The van der Waals surface area contributed by atoms with E-state index in [1.165, 1.54) is 0 Å². The van der Waals surface area contributed by atoms with E-state index in [0.717, 1.165) is 22.3 Å². The molecule has 0 radical (unpaired) electrons. The average Bonchev–Trinajstić information content (AvgIpc) is 2.99. The number of piperidine rings is 1. The number of halogens is 4. The van der Waals surface area contributed by atoms with E-state index in [1.54, 1.807) is 12.1 Å². The molecule has 0 aliphatic carbocycles. The number of nitrogens with zero attached hydrogens (tertiary/aromatic N) is 1. The highest BCUT2D eigenvalue weighted by molar-refractivity contribution is 6.76. The Kier molecular flexibility index (Phi) is 10.3. The number of aliphatic hydroxyl groups is 2. The number of anilines is 1. The summed E-state index contributed by atoms with van der Waals surface area (Å²) >= 11 is 23.1. The summed E-state index contributed by atoms with van der Waals surface area (Å²) < 4.78 is 11.0. The van der Waals surface area contributed by atoms with E-state index < -0.39 is 21.6 Å². The maximum absolute atomic E-state index is 12.1. The van der Waals surface area contributed by atoms with Gasteiger partial charge >= 0.3 is 0 Å². The third-order valence-corrected chi connectivity index (χ3v) is 9.09. The average molecular weight is 668 g/mol. The third-order valence-electron chi connectivity index (χ3n) is 8.32. The van der Waals surface area contributed by atoms with Crippen molar-refractivity contribution in [2.45, 2.75) is 54.3 Å². The van der Waals surface area contributed by atoms with Gasteiger partial charge in [0.05, 0.1) is 24.4 Å². The molecule has 3 N–H and O–H groups in total. The van der Waals surface area contributed by atoms with E-state index in [-0.39, 0.29) is 24.7 Å². The van der Waals surface area contributed by atoms with Crippen LogP contribution in [0.4, 0.5) is 5.69 Å². The van der Waals surface area contributed by atoms with Gasteiger partial charge in [0.1, 0.15) is 0 Å². The highest BCUT2D eigenvalue weighted by Gasteiger charge is 2.41. The third kappa shape index (κ3) is 7.85. The second-order valence-electron chi connectivity index (χ2n) is 11.2. The predicted molar refractivity (Wildman–Crippen MR) is 169 cm³/mol. The van der Waals surface area contributed by atoms with Crippen molar-refractivity contribution in [1.82, 2.24) is 4.90 Å². The van der Waals surface area contributed by atoms with Crippen molar-refractivity contribution in [3.05, 3.63) is 100 Å². The SMILES string of the molecule is C[C@H]1[C@@H](CN2CCC(O)(c3ccc(Cl)cc3)CC2)O[C@@H](c2ccc(NC(=O)C(Cl)(Cl)Cl)cc2)O[C@H]1c1ccc(CO)cc1. The molecule has 4 atom stereocenters. The molecule has 3 aromatic carbocycles. The molecule has 2 aliphatic heterocycles. The standard InChI is InChI=1S/C32H34Cl4N2O5/c1-20-27(18-38-16-14-31(41,15-17-38)24-8-10-25(33)11-9-24)42-29(43-28(20)22-4-2-21(19-39)3-5-22)23-6-12-26(13-7-23)37-30(40)32(34,35)36/h2-13,20,27-29,39,41H,14-19H2,1H3,(H,37,40)/t20-,27+,28+,29+/m0/s1. The van der Waals surface area contributed by atoms with Crippen LogP contribution in [0.3, 0.4) is 0 Å². The van der Waals surface area contributed by atoms with E-state index in [2.05, 4.69) is 17.1 Å². The molecule has 3 aromatic rings. The lowest BCUT2D eigenvalue weighted by Crippen LogP contribution is -2.49. The second kappa shape index (κ2) is 13.6. The smallest absolute Gasteiger partial charge is 0.276 e. The first-order chi connectivity index (χ1) is 20.4. The Bertz CT molecular complexity index is 1370. The molecule has 0 bridgehead atoms. The molecule has 2 heterocycles. The molecular weight excluding hydrogens is 634 g/mol. The number of likely N-dealkylation sites (tertiary alicyclic amines) is 1. The lowest BCUT2D eigenvalue weighted by atomic mass is 9.84. The van der Waals surface area contributed by atoms with Gasteiger partial charge < -0.3 is 29.9 Å². The Balaban J connectivity index is 1.32. The van der Waals surface area contributed by atoms with Crippen LogP contribution in [-0.4, -0.2) is 50.6 Å². The first kappa shape index (κ1) is 32.5. The Morgan fingerprint density at radius 3 is 2.14 bits per heavy atom. The number of alkyl halides is 3. The number of ether oxygens (including phenoxy) is 2. The maximum atomic E-state index is 12.1. The van der Waals surface area contributed by atoms with Crippen molar-refractivity contribution in [2.24, 2.45) is 5.92 Å². The molecule has 11 heteroatoms. The van der Waals surface area contributed by atoms with Crippen LogP contribution in [0.1, 0.15) is 54.4 Å². The zero-order valence-corrected chi connectivity index (χ0v) is 26.6. The lowest BCUT2D eigenvalue weighted by Gasteiger charge is -2.45. The van der Waals surface area contributed by atoms with Crippen molar-refractivity contribution in [2.75, 3.05) is 25.0 Å². The quantitative estimate of drug-likeness (QED) is 0.237. The van der Waals surface area contributed by atoms with Crippen molar-refractivity contribution >= 4 is 58.0 Å². The zero-order chi connectivity index (χ0) is 30.8. The molecule has 7 nitrogen and oxygen atoms in total. The molecule has 2 fully saturated rings. The Morgan fingerprint density at radius 1 is 0.953 bits per heavy atom. The number of amides is 1. The van der Waals surface area contributed by atoms with Gasteiger partial charge in [-0.2, -0.15) is 0 Å². The van der Waals surface area contributed by atoms with Crippen LogP contribution >= 0.6 is 46.4 Å². The fraction of sp³-hybridized carbons (Fsp3) is 0.406. The van der Waals surface area contributed by atoms with E-state index in [4.69, 9.17) is 55.9 Å². The fourth-order valence-corrected chi connectivity index (χ4v) is 5.93. The van der Waals surface area contributed by atoms with Crippen molar-refractivity contribution in [3.63, 3.8) is 0 Å². The van der Waals surface area contributed by atoms with Crippen LogP contribution in [0.2, 0.25) is 5.02 Å². The summed E-state index contributed by atoms with van der Waals surface area (Å²) in [6.45, 7) is 4.18. The van der Waals surface area contributed by atoms with Gasteiger partial charge in [0, 0.05) is 41.8 Å². The summed E-state index contributed by atoms with van der Waals surface area (Å²) in [6.07, 6.45) is 0.0896. The van der Waals surface area contributed by atoms with Gasteiger partial charge in [0.25, 0.3) is 9.70 Å². The monoisotopic (exact) mass is 666 g/mol. The minimum Gasteiger partial charge on any atom is -0.392 e. The number of carbonyl (C=O) groups excluding carboxylic acids is 1. The first-order valence-corrected chi connectivity index (χ1v) is 15.7. The molecule has 2 saturated heterocycles. The minimum atomic E-state index is -2.07. The van der Waals surface area contributed by atoms with Crippen molar-refractivity contribution < 1.29 is 24.5 Å². The van der Waals surface area contributed by atoms with Gasteiger partial charge in [0.15, 0.2) is 6.29 Å². The highest BCUT2D eigenvalue weighted by Crippen LogP contribution is 2.43.